The molecule has 0 radical (unpaired) electrons. The fourth-order valence-electron chi connectivity index (χ4n) is 1.43. The molecule has 0 bridgehead atoms. The molecule has 0 amide bonds. The maximum atomic E-state index is 13.6. The molecule has 1 atom stereocenters. The van der Waals surface area contributed by atoms with E-state index in [0.29, 0.717) is 0 Å². The topological polar surface area (TPSA) is 71.4 Å². The van der Waals surface area contributed by atoms with E-state index in [4.69, 9.17) is 5.11 Å². The van der Waals surface area contributed by atoms with Crippen LogP contribution in [0.5, 0.6) is 0 Å². The molecule has 0 saturated carbocycles. The van der Waals surface area contributed by atoms with Gasteiger partial charge in [0.05, 0.1) is 5.92 Å². The molecule has 1 unspecified atom stereocenters. The molecule has 1 N–H and O–H groups in total. The van der Waals surface area contributed by atoms with Crippen molar-refractivity contribution in [2.24, 2.45) is 5.92 Å². The van der Waals surface area contributed by atoms with Crippen molar-refractivity contribution in [2.45, 2.75) is 18.2 Å². The van der Waals surface area contributed by atoms with Crippen LogP contribution < -0.4 is 0 Å². The monoisotopic (exact) mass is 278 g/mol. The minimum atomic E-state index is -3.85. The second kappa shape index (κ2) is 5.01. The van der Waals surface area contributed by atoms with Gasteiger partial charge in [-0.25, -0.2) is 17.2 Å². The third kappa shape index (κ3) is 3.04. The molecule has 0 aliphatic heterocycles. The van der Waals surface area contributed by atoms with Crippen molar-refractivity contribution < 1.29 is 27.1 Å². The van der Waals surface area contributed by atoms with Crippen LogP contribution in [0, 0.1) is 17.6 Å². The second-order valence-electron chi connectivity index (χ2n) is 4.07. The molecule has 0 saturated heterocycles. The van der Waals surface area contributed by atoms with Gasteiger partial charge in [-0.3, -0.25) is 4.79 Å². The first kappa shape index (κ1) is 14.6. The number of benzene rings is 1. The minimum absolute atomic E-state index is 0.158. The lowest BCUT2D eigenvalue weighted by Crippen LogP contribution is -2.14. The quantitative estimate of drug-likeness (QED) is 0.908. The SMILES string of the molecule is CC(Cc1ccc(S(C)(=O)=O)c(F)c1F)C(=O)O. The van der Waals surface area contributed by atoms with Gasteiger partial charge in [0, 0.05) is 6.26 Å². The molecule has 1 rings (SSSR count). The molecule has 18 heavy (non-hydrogen) atoms. The third-order valence-electron chi connectivity index (χ3n) is 2.47. The van der Waals surface area contributed by atoms with E-state index in [0.717, 1.165) is 18.4 Å². The van der Waals surface area contributed by atoms with Crippen LogP contribution in [0.1, 0.15) is 12.5 Å². The van der Waals surface area contributed by atoms with Crippen LogP contribution in [0.15, 0.2) is 17.0 Å². The number of rotatable bonds is 4. The summed E-state index contributed by atoms with van der Waals surface area (Å²) in [5, 5.41) is 8.68. The number of aliphatic carboxylic acids is 1. The Labute approximate surface area is 103 Å². The Morgan fingerprint density at radius 1 is 1.33 bits per heavy atom. The normalized spacial score (nSPS) is 13.3. The van der Waals surface area contributed by atoms with Crippen molar-refractivity contribution >= 4 is 15.8 Å². The van der Waals surface area contributed by atoms with E-state index in [1.54, 1.807) is 0 Å². The average molecular weight is 278 g/mol. The van der Waals surface area contributed by atoms with Gasteiger partial charge in [0.2, 0.25) is 0 Å². The molecular weight excluding hydrogens is 266 g/mol. The zero-order chi connectivity index (χ0) is 14.1. The summed E-state index contributed by atoms with van der Waals surface area (Å²) in [5.41, 5.74) is -0.158. The van der Waals surface area contributed by atoms with Gasteiger partial charge < -0.3 is 5.11 Å². The van der Waals surface area contributed by atoms with E-state index in [2.05, 4.69) is 0 Å². The maximum Gasteiger partial charge on any atom is 0.306 e. The van der Waals surface area contributed by atoms with E-state index in [1.807, 2.05) is 0 Å². The third-order valence-corrected chi connectivity index (χ3v) is 3.59. The number of halogens is 2. The van der Waals surface area contributed by atoms with Gasteiger partial charge >= 0.3 is 5.97 Å². The fourth-order valence-corrected chi connectivity index (χ4v) is 2.16. The molecular formula is C11H12F2O4S. The first-order valence-electron chi connectivity index (χ1n) is 5.04. The lowest BCUT2D eigenvalue weighted by molar-refractivity contribution is -0.141. The Hall–Kier alpha value is -1.50. The summed E-state index contributed by atoms with van der Waals surface area (Å²) in [5.74, 6) is -4.80. The molecule has 0 heterocycles. The standard InChI is InChI=1S/C11H12F2O4S/c1-6(11(14)15)5-7-3-4-8(18(2,16)17)10(13)9(7)12/h3-4,6H,5H2,1-2H3,(H,14,15). The summed E-state index contributed by atoms with van der Waals surface area (Å²) in [6.45, 7) is 1.35. The molecule has 4 nitrogen and oxygen atoms in total. The lowest BCUT2D eigenvalue weighted by atomic mass is 10.0. The highest BCUT2D eigenvalue weighted by molar-refractivity contribution is 7.90. The minimum Gasteiger partial charge on any atom is -0.481 e. The number of hydrogen-bond donors (Lipinski definition) is 1. The molecule has 1 aromatic rings. The molecule has 0 aliphatic rings. The molecule has 0 aromatic heterocycles. The van der Waals surface area contributed by atoms with E-state index in [1.165, 1.54) is 6.92 Å². The zero-order valence-corrected chi connectivity index (χ0v) is 10.6. The molecule has 1 aromatic carbocycles. The Kier molecular flexibility index (Phi) is 4.05. The summed E-state index contributed by atoms with van der Waals surface area (Å²) >= 11 is 0. The van der Waals surface area contributed by atoms with Gasteiger partial charge in [-0.1, -0.05) is 13.0 Å². The average Bonchev–Trinajstić information content (AvgIpc) is 2.22. The van der Waals surface area contributed by atoms with Crippen molar-refractivity contribution in [1.82, 2.24) is 0 Å². The summed E-state index contributed by atoms with van der Waals surface area (Å²) in [6, 6.07) is 2.03. The van der Waals surface area contributed by atoms with Crippen molar-refractivity contribution in [3.8, 4) is 0 Å². The van der Waals surface area contributed by atoms with Crippen LogP contribution in [0.2, 0.25) is 0 Å². The van der Waals surface area contributed by atoms with Crippen LogP contribution >= 0.6 is 0 Å². The van der Waals surface area contributed by atoms with Gasteiger partial charge in [-0.2, -0.15) is 0 Å². The van der Waals surface area contributed by atoms with E-state index in [-0.39, 0.29) is 12.0 Å². The number of carboxylic acid groups (broad SMARTS) is 1. The van der Waals surface area contributed by atoms with Crippen molar-refractivity contribution in [3.05, 3.63) is 29.3 Å². The Morgan fingerprint density at radius 2 is 1.89 bits per heavy atom. The molecule has 0 fully saturated rings. The van der Waals surface area contributed by atoms with Crippen LogP contribution in [-0.2, 0) is 21.1 Å². The number of sulfone groups is 1. The first-order chi connectivity index (χ1) is 8.14. The summed E-state index contributed by atoms with van der Waals surface area (Å²) in [7, 11) is -3.85. The summed E-state index contributed by atoms with van der Waals surface area (Å²) in [4.78, 5) is 9.88. The smallest absolute Gasteiger partial charge is 0.306 e. The largest absolute Gasteiger partial charge is 0.481 e. The van der Waals surface area contributed by atoms with Gasteiger partial charge in [0.1, 0.15) is 4.90 Å². The van der Waals surface area contributed by atoms with Crippen LogP contribution in [0.25, 0.3) is 0 Å². The predicted octanol–water partition coefficient (Wildman–Crippen LogP) is 1.63. The second-order valence-corrected chi connectivity index (χ2v) is 6.05. The number of carboxylic acids is 1. The van der Waals surface area contributed by atoms with Gasteiger partial charge in [-0.05, 0) is 18.1 Å². The van der Waals surface area contributed by atoms with Gasteiger partial charge in [0.25, 0.3) is 0 Å². The Morgan fingerprint density at radius 3 is 2.33 bits per heavy atom. The highest BCUT2D eigenvalue weighted by Crippen LogP contribution is 2.22. The van der Waals surface area contributed by atoms with Crippen molar-refractivity contribution in [2.75, 3.05) is 6.26 Å². The maximum absolute atomic E-state index is 13.6. The first-order valence-corrected chi connectivity index (χ1v) is 6.93. The van der Waals surface area contributed by atoms with Crippen LogP contribution in [0.4, 0.5) is 8.78 Å². The van der Waals surface area contributed by atoms with Crippen LogP contribution in [-0.4, -0.2) is 25.7 Å². The molecule has 0 spiro atoms. The van der Waals surface area contributed by atoms with Gasteiger partial charge in [0.15, 0.2) is 21.5 Å². The summed E-state index contributed by atoms with van der Waals surface area (Å²) < 4.78 is 49.4. The number of carbonyl (C=O) groups is 1. The van der Waals surface area contributed by atoms with E-state index in [9.17, 15) is 22.0 Å². The zero-order valence-electron chi connectivity index (χ0n) is 9.78. The fraction of sp³-hybridized carbons (Fsp3) is 0.364. The van der Waals surface area contributed by atoms with E-state index < -0.39 is 38.3 Å². The molecule has 7 heteroatoms. The Balaban J connectivity index is 3.21. The molecule has 100 valence electrons. The predicted molar refractivity (Wildman–Crippen MR) is 60.0 cm³/mol. The van der Waals surface area contributed by atoms with Crippen molar-refractivity contribution in [3.63, 3.8) is 0 Å². The highest BCUT2D eigenvalue weighted by Gasteiger charge is 2.22. The lowest BCUT2D eigenvalue weighted by Gasteiger charge is -2.09. The summed E-state index contributed by atoms with van der Waals surface area (Å²) in [6.07, 6.45) is 0.562. The van der Waals surface area contributed by atoms with E-state index >= 15 is 0 Å². The highest BCUT2D eigenvalue weighted by atomic mass is 32.2. The van der Waals surface area contributed by atoms with Gasteiger partial charge in [-0.15, -0.1) is 0 Å². The van der Waals surface area contributed by atoms with Crippen molar-refractivity contribution in [1.29, 1.82) is 0 Å². The molecule has 0 aliphatic carbocycles. The Bertz CT molecular complexity index is 581. The van der Waals surface area contributed by atoms with Crippen LogP contribution in [0.3, 0.4) is 0 Å². The number of hydrogen-bond acceptors (Lipinski definition) is 3.